The average Bonchev–Trinajstić information content (AvgIpc) is 2.85. The Kier molecular flexibility index (Phi) is 8.49. The fourth-order valence-corrected chi connectivity index (χ4v) is 3.56. The summed E-state index contributed by atoms with van der Waals surface area (Å²) >= 11 is 1.77. The molecule has 1 aromatic rings. The molecule has 1 aliphatic heterocycles. The van der Waals surface area contributed by atoms with Gasteiger partial charge in [0.2, 0.25) is 0 Å². The maximum absolute atomic E-state index is 4.72. The summed E-state index contributed by atoms with van der Waals surface area (Å²) in [6.07, 6.45) is 4.14. The van der Waals surface area contributed by atoms with Crippen LogP contribution in [0, 0.1) is 6.92 Å². The van der Waals surface area contributed by atoms with Crippen LogP contribution in [0.1, 0.15) is 23.2 Å². The lowest BCUT2D eigenvalue weighted by Crippen LogP contribution is -2.39. The lowest BCUT2D eigenvalue weighted by atomic mass is 10.4. The van der Waals surface area contributed by atoms with Crippen molar-refractivity contribution in [2.24, 2.45) is 4.99 Å². The number of hydrogen-bond donors (Lipinski definition) is 2. The molecular formula is C17H32N6S. The zero-order valence-electron chi connectivity index (χ0n) is 15.3. The van der Waals surface area contributed by atoms with Crippen molar-refractivity contribution in [3.05, 3.63) is 16.1 Å². The summed E-state index contributed by atoms with van der Waals surface area (Å²) in [7, 11) is 2.21. The second kappa shape index (κ2) is 10.6. The van der Waals surface area contributed by atoms with Gasteiger partial charge in [-0.05, 0) is 40.4 Å². The highest BCUT2D eigenvalue weighted by molar-refractivity contribution is 7.11. The van der Waals surface area contributed by atoms with Gasteiger partial charge in [0.25, 0.3) is 0 Å². The van der Waals surface area contributed by atoms with Crippen LogP contribution in [-0.2, 0) is 6.42 Å². The minimum absolute atomic E-state index is 0.843. The Labute approximate surface area is 150 Å². The zero-order valence-corrected chi connectivity index (χ0v) is 16.2. The first-order chi connectivity index (χ1) is 11.7. The van der Waals surface area contributed by atoms with Crippen LogP contribution in [0.25, 0.3) is 0 Å². The Morgan fingerprint density at radius 3 is 2.92 bits per heavy atom. The SMILES string of the molecule is CCNC(=NCCN1CCCN(C)CC1)NCCc1ncc(C)s1. The molecule has 1 saturated heterocycles. The summed E-state index contributed by atoms with van der Waals surface area (Å²) < 4.78 is 0. The number of guanidine groups is 1. The van der Waals surface area contributed by atoms with Crippen molar-refractivity contribution in [2.75, 3.05) is 59.4 Å². The van der Waals surface area contributed by atoms with Gasteiger partial charge in [-0.3, -0.25) is 4.99 Å². The molecule has 0 amide bonds. The molecular weight excluding hydrogens is 320 g/mol. The normalized spacial score (nSPS) is 17.7. The van der Waals surface area contributed by atoms with E-state index in [2.05, 4.69) is 46.3 Å². The van der Waals surface area contributed by atoms with Crippen molar-refractivity contribution in [3.8, 4) is 0 Å². The van der Waals surface area contributed by atoms with Crippen molar-refractivity contribution in [2.45, 2.75) is 26.7 Å². The molecule has 0 aromatic carbocycles. The molecule has 2 rings (SSSR count). The highest BCUT2D eigenvalue weighted by Gasteiger charge is 2.11. The number of thiazole rings is 1. The number of rotatable bonds is 7. The van der Waals surface area contributed by atoms with Gasteiger partial charge in [-0.2, -0.15) is 0 Å². The average molecular weight is 353 g/mol. The first-order valence-corrected chi connectivity index (χ1v) is 9.83. The molecule has 0 spiro atoms. The van der Waals surface area contributed by atoms with Crippen LogP contribution in [0.3, 0.4) is 0 Å². The number of hydrogen-bond acceptors (Lipinski definition) is 5. The summed E-state index contributed by atoms with van der Waals surface area (Å²) in [6, 6.07) is 0. The van der Waals surface area contributed by atoms with Crippen LogP contribution in [-0.4, -0.2) is 80.1 Å². The molecule has 0 saturated carbocycles. The van der Waals surface area contributed by atoms with E-state index in [1.165, 1.54) is 29.4 Å². The molecule has 2 heterocycles. The van der Waals surface area contributed by atoms with Gasteiger partial charge in [-0.1, -0.05) is 0 Å². The van der Waals surface area contributed by atoms with Crippen molar-refractivity contribution in [3.63, 3.8) is 0 Å². The molecule has 0 aliphatic carbocycles. The van der Waals surface area contributed by atoms with E-state index in [0.29, 0.717) is 0 Å². The Hall–Kier alpha value is -1.18. The van der Waals surface area contributed by atoms with E-state index >= 15 is 0 Å². The Morgan fingerprint density at radius 2 is 2.17 bits per heavy atom. The topological polar surface area (TPSA) is 55.8 Å². The largest absolute Gasteiger partial charge is 0.357 e. The summed E-state index contributed by atoms with van der Waals surface area (Å²) in [5, 5.41) is 7.93. The predicted octanol–water partition coefficient (Wildman–Crippen LogP) is 1.19. The lowest BCUT2D eigenvalue weighted by molar-refractivity contribution is 0.283. The molecule has 0 unspecified atom stereocenters. The van der Waals surface area contributed by atoms with Crippen molar-refractivity contribution in [1.82, 2.24) is 25.4 Å². The number of nitrogens with one attached hydrogen (secondary N) is 2. The third kappa shape index (κ3) is 7.15. The monoisotopic (exact) mass is 352 g/mol. The van der Waals surface area contributed by atoms with Crippen molar-refractivity contribution in [1.29, 1.82) is 0 Å². The van der Waals surface area contributed by atoms with Gasteiger partial charge < -0.3 is 20.4 Å². The molecule has 136 valence electrons. The van der Waals surface area contributed by atoms with E-state index in [0.717, 1.165) is 51.6 Å². The van der Waals surface area contributed by atoms with Gasteiger partial charge in [-0.15, -0.1) is 11.3 Å². The molecule has 0 radical (unpaired) electrons. The van der Waals surface area contributed by atoms with Crippen LogP contribution in [0.5, 0.6) is 0 Å². The van der Waals surface area contributed by atoms with Crippen LogP contribution < -0.4 is 10.6 Å². The Morgan fingerprint density at radius 1 is 1.29 bits per heavy atom. The van der Waals surface area contributed by atoms with E-state index in [4.69, 9.17) is 4.99 Å². The number of nitrogens with zero attached hydrogens (tertiary/aromatic N) is 4. The maximum Gasteiger partial charge on any atom is 0.191 e. The van der Waals surface area contributed by atoms with Gasteiger partial charge in [0.05, 0.1) is 11.6 Å². The number of aromatic nitrogens is 1. The number of aliphatic imine (C=N–C) groups is 1. The fraction of sp³-hybridized carbons (Fsp3) is 0.765. The van der Waals surface area contributed by atoms with Gasteiger partial charge in [0.1, 0.15) is 0 Å². The fourth-order valence-electron chi connectivity index (χ4n) is 2.77. The van der Waals surface area contributed by atoms with E-state index in [9.17, 15) is 0 Å². The summed E-state index contributed by atoms with van der Waals surface area (Å²) in [6.45, 7) is 12.5. The van der Waals surface area contributed by atoms with Gasteiger partial charge in [0.15, 0.2) is 5.96 Å². The van der Waals surface area contributed by atoms with Crippen LogP contribution in [0.2, 0.25) is 0 Å². The second-order valence-electron chi connectivity index (χ2n) is 6.30. The van der Waals surface area contributed by atoms with E-state index in [1.807, 2.05) is 6.20 Å². The summed E-state index contributed by atoms with van der Waals surface area (Å²) in [4.78, 5) is 15.3. The van der Waals surface area contributed by atoms with Gasteiger partial charge in [0, 0.05) is 50.2 Å². The smallest absolute Gasteiger partial charge is 0.191 e. The first kappa shape index (κ1) is 19.1. The number of likely N-dealkylation sites (N-methyl/N-ethyl adjacent to an activating group) is 1. The van der Waals surface area contributed by atoms with Gasteiger partial charge >= 0.3 is 0 Å². The van der Waals surface area contributed by atoms with Crippen LogP contribution >= 0.6 is 11.3 Å². The summed E-state index contributed by atoms with van der Waals surface area (Å²) in [5.74, 6) is 0.915. The molecule has 6 nitrogen and oxygen atoms in total. The molecule has 2 N–H and O–H groups in total. The molecule has 1 aliphatic rings. The quantitative estimate of drug-likeness (QED) is 0.570. The third-order valence-electron chi connectivity index (χ3n) is 4.14. The molecule has 1 aromatic heterocycles. The van der Waals surface area contributed by atoms with Crippen molar-refractivity contribution >= 4 is 17.3 Å². The molecule has 24 heavy (non-hydrogen) atoms. The Bertz CT molecular complexity index is 501. The third-order valence-corrected chi connectivity index (χ3v) is 5.12. The van der Waals surface area contributed by atoms with Crippen LogP contribution in [0.15, 0.2) is 11.2 Å². The minimum Gasteiger partial charge on any atom is -0.357 e. The Balaban J connectivity index is 1.71. The number of aryl methyl sites for hydroxylation is 1. The lowest BCUT2D eigenvalue weighted by Gasteiger charge is -2.19. The highest BCUT2D eigenvalue weighted by Crippen LogP contribution is 2.10. The highest BCUT2D eigenvalue weighted by atomic mass is 32.1. The second-order valence-corrected chi connectivity index (χ2v) is 7.62. The zero-order chi connectivity index (χ0) is 17.2. The van der Waals surface area contributed by atoms with Gasteiger partial charge in [-0.25, -0.2) is 4.98 Å². The van der Waals surface area contributed by atoms with Crippen LogP contribution in [0.4, 0.5) is 0 Å². The molecule has 1 fully saturated rings. The first-order valence-electron chi connectivity index (χ1n) is 9.01. The standard InChI is InChI=1S/C17H32N6S/c1-4-18-17(19-7-6-16-21-14-15(2)24-16)20-8-11-23-10-5-9-22(3)12-13-23/h14H,4-13H2,1-3H3,(H2,18,19,20). The molecule has 0 bridgehead atoms. The molecule has 0 atom stereocenters. The molecule has 7 heteroatoms. The van der Waals surface area contributed by atoms with E-state index in [-0.39, 0.29) is 0 Å². The predicted molar refractivity (Wildman–Crippen MR) is 103 cm³/mol. The maximum atomic E-state index is 4.72. The van der Waals surface area contributed by atoms with Crippen molar-refractivity contribution < 1.29 is 0 Å². The van der Waals surface area contributed by atoms with E-state index in [1.54, 1.807) is 11.3 Å². The summed E-state index contributed by atoms with van der Waals surface area (Å²) in [5.41, 5.74) is 0. The minimum atomic E-state index is 0.843. The van der Waals surface area contributed by atoms with E-state index < -0.39 is 0 Å².